The SMILES string of the molecule is Br.BrCCC1NCCc2ccccc21. The average Bonchev–Trinajstić information content (AvgIpc) is 2.19. The van der Waals surface area contributed by atoms with E-state index in [0.717, 1.165) is 11.9 Å². The quantitative estimate of drug-likeness (QED) is 0.825. The lowest BCUT2D eigenvalue weighted by atomic mass is 9.93. The average molecular weight is 321 g/mol. The molecule has 0 spiro atoms. The second kappa shape index (κ2) is 5.89. The third-order valence-corrected chi connectivity index (χ3v) is 3.07. The summed E-state index contributed by atoms with van der Waals surface area (Å²) in [5.41, 5.74) is 3.01. The van der Waals surface area contributed by atoms with Gasteiger partial charge in [-0.05, 0) is 30.5 Å². The van der Waals surface area contributed by atoms with Crippen molar-refractivity contribution in [2.45, 2.75) is 18.9 Å². The van der Waals surface area contributed by atoms with Gasteiger partial charge in [0.25, 0.3) is 0 Å². The lowest BCUT2D eigenvalue weighted by Crippen LogP contribution is -2.29. The van der Waals surface area contributed by atoms with Crippen LogP contribution in [0, 0.1) is 0 Å². The van der Waals surface area contributed by atoms with Gasteiger partial charge in [-0.1, -0.05) is 40.2 Å². The molecule has 1 aliphatic rings. The normalized spacial score (nSPS) is 19.6. The fourth-order valence-electron chi connectivity index (χ4n) is 1.96. The van der Waals surface area contributed by atoms with Gasteiger partial charge in [0.1, 0.15) is 0 Å². The van der Waals surface area contributed by atoms with E-state index in [4.69, 9.17) is 0 Å². The van der Waals surface area contributed by atoms with E-state index in [0.29, 0.717) is 6.04 Å². The van der Waals surface area contributed by atoms with Crippen molar-refractivity contribution in [2.75, 3.05) is 11.9 Å². The third-order valence-electron chi connectivity index (χ3n) is 2.61. The van der Waals surface area contributed by atoms with Gasteiger partial charge in [0, 0.05) is 11.4 Å². The van der Waals surface area contributed by atoms with E-state index in [1.807, 2.05) is 0 Å². The smallest absolute Gasteiger partial charge is 0.0331 e. The molecule has 1 nitrogen and oxygen atoms in total. The molecule has 0 bridgehead atoms. The molecule has 0 aliphatic carbocycles. The molecule has 0 fully saturated rings. The molecule has 78 valence electrons. The number of alkyl halides is 1. The topological polar surface area (TPSA) is 12.0 Å². The molecule has 14 heavy (non-hydrogen) atoms. The highest BCUT2D eigenvalue weighted by Crippen LogP contribution is 2.25. The second-order valence-electron chi connectivity index (χ2n) is 3.43. The Bertz CT molecular complexity index is 288. The van der Waals surface area contributed by atoms with E-state index in [1.165, 1.54) is 24.0 Å². The summed E-state index contributed by atoms with van der Waals surface area (Å²) in [5.74, 6) is 0. The first kappa shape index (κ1) is 12.2. The summed E-state index contributed by atoms with van der Waals surface area (Å²) in [6.45, 7) is 1.12. The maximum absolute atomic E-state index is 3.55. The summed E-state index contributed by atoms with van der Waals surface area (Å²) in [6.07, 6.45) is 2.35. The van der Waals surface area contributed by atoms with E-state index in [9.17, 15) is 0 Å². The zero-order valence-electron chi connectivity index (χ0n) is 8.00. The van der Waals surface area contributed by atoms with Crippen LogP contribution in [-0.2, 0) is 6.42 Å². The Morgan fingerprint density at radius 3 is 2.93 bits per heavy atom. The number of fused-ring (bicyclic) bond motifs is 1. The predicted molar refractivity (Wildman–Crippen MR) is 69.6 cm³/mol. The molecule has 0 saturated heterocycles. The van der Waals surface area contributed by atoms with Crippen molar-refractivity contribution < 1.29 is 0 Å². The van der Waals surface area contributed by atoms with Crippen LogP contribution in [-0.4, -0.2) is 11.9 Å². The molecule has 0 radical (unpaired) electrons. The highest BCUT2D eigenvalue weighted by molar-refractivity contribution is 9.09. The Morgan fingerprint density at radius 2 is 2.14 bits per heavy atom. The van der Waals surface area contributed by atoms with Gasteiger partial charge < -0.3 is 5.32 Å². The van der Waals surface area contributed by atoms with Crippen LogP contribution in [0.4, 0.5) is 0 Å². The molecule has 1 aromatic rings. The van der Waals surface area contributed by atoms with Crippen molar-refractivity contribution >= 4 is 32.9 Å². The fourth-order valence-corrected chi connectivity index (χ4v) is 2.42. The van der Waals surface area contributed by atoms with Gasteiger partial charge in [-0.3, -0.25) is 0 Å². The zero-order chi connectivity index (χ0) is 9.10. The van der Waals surface area contributed by atoms with Crippen LogP contribution < -0.4 is 5.32 Å². The standard InChI is InChI=1S/C11H14BrN.BrH/c12-7-5-11-10-4-2-1-3-9(10)6-8-13-11;/h1-4,11,13H,5-8H2;1H. The molecule has 1 N–H and O–H groups in total. The van der Waals surface area contributed by atoms with Gasteiger partial charge in [-0.25, -0.2) is 0 Å². The Balaban J connectivity index is 0.000000980. The van der Waals surface area contributed by atoms with Gasteiger partial charge in [0.15, 0.2) is 0 Å². The van der Waals surface area contributed by atoms with Crippen molar-refractivity contribution in [2.24, 2.45) is 0 Å². The lowest BCUT2D eigenvalue weighted by molar-refractivity contribution is 0.496. The third kappa shape index (κ3) is 2.59. The molecule has 1 aromatic carbocycles. The van der Waals surface area contributed by atoms with Crippen molar-refractivity contribution in [1.82, 2.24) is 5.32 Å². The van der Waals surface area contributed by atoms with Crippen LogP contribution in [0.1, 0.15) is 23.6 Å². The molecule has 3 heteroatoms. The minimum absolute atomic E-state index is 0. The van der Waals surface area contributed by atoms with Gasteiger partial charge in [-0.15, -0.1) is 17.0 Å². The van der Waals surface area contributed by atoms with E-state index < -0.39 is 0 Å². The molecule has 1 atom stereocenters. The Morgan fingerprint density at radius 1 is 1.36 bits per heavy atom. The van der Waals surface area contributed by atoms with E-state index >= 15 is 0 Å². The van der Waals surface area contributed by atoms with Gasteiger partial charge in [0.2, 0.25) is 0 Å². The number of hydrogen-bond donors (Lipinski definition) is 1. The molecule has 0 saturated carbocycles. The summed E-state index contributed by atoms with van der Waals surface area (Å²) in [7, 11) is 0. The van der Waals surface area contributed by atoms with Crippen LogP contribution in [0.2, 0.25) is 0 Å². The zero-order valence-corrected chi connectivity index (χ0v) is 11.3. The molecule has 0 aromatic heterocycles. The predicted octanol–water partition coefficient (Wildman–Crippen LogP) is 3.24. The van der Waals surface area contributed by atoms with Crippen molar-refractivity contribution in [3.63, 3.8) is 0 Å². The van der Waals surface area contributed by atoms with Crippen LogP contribution >= 0.6 is 32.9 Å². The van der Waals surface area contributed by atoms with Crippen molar-refractivity contribution in [1.29, 1.82) is 0 Å². The van der Waals surface area contributed by atoms with Crippen LogP contribution in [0.25, 0.3) is 0 Å². The molecular weight excluding hydrogens is 306 g/mol. The number of hydrogen-bond acceptors (Lipinski definition) is 1. The summed E-state index contributed by atoms with van der Waals surface area (Å²) in [4.78, 5) is 0. The Kier molecular flexibility index (Phi) is 5.13. The highest BCUT2D eigenvalue weighted by atomic mass is 79.9. The van der Waals surface area contributed by atoms with E-state index in [1.54, 1.807) is 0 Å². The summed E-state index contributed by atoms with van der Waals surface area (Å²) in [6, 6.07) is 9.32. The number of benzene rings is 1. The van der Waals surface area contributed by atoms with Crippen molar-refractivity contribution in [3.8, 4) is 0 Å². The first-order chi connectivity index (χ1) is 6.42. The van der Waals surface area contributed by atoms with E-state index in [2.05, 4.69) is 45.5 Å². The largest absolute Gasteiger partial charge is 0.310 e. The minimum atomic E-state index is 0. The fraction of sp³-hybridized carbons (Fsp3) is 0.455. The maximum Gasteiger partial charge on any atom is 0.0331 e. The van der Waals surface area contributed by atoms with Gasteiger partial charge in [-0.2, -0.15) is 0 Å². The second-order valence-corrected chi connectivity index (χ2v) is 4.23. The summed E-state index contributed by atoms with van der Waals surface area (Å²) >= 11 is 3.50. The molecule has 1 unspecified atom stereocenters. The van der Waals surface area contributed by atoms with Crippen molar-refractivity contribution in [3.05, 3.63) is 35.4 Å². The maximum atomic E-state index is 3.55. The molecule has 0 amide bonds. The monoisotopic (exact) mass is 319 g/mol. The number of halogens is 2. The van der Waals surface area contributed by atoms with Crippen LogP contribution in [0.15, 0.2) is 24.3 Å². The minimum Gasteiger partial charge on any atom is -0.310 e. The van der Waals surface area contributed by atoms with Crippen LogP contribution in [0.5, 0.6) is 0 Å². The Labute approximate surface area is 104 Å². The number of nitrogens with one attached hydrogen (secondary N) is 1. The lowest BCUT2D eigenvalue weighted by Gasteiger charge is -2.26. The van der Waals surface area contributed by atoms with Gasteiger partial charge in [0.05, 0.1) is 0 Å². The first-order valence-electron chi connectivity index (χ1n) is 4.79. The first-order valence-corrected chi connectivity index (χ1v) is 5.91. The van der Waals surface area contributed by atoms with E-state index in [-0.39, 0.29) is 17.0 Å². The summed E-state index contributed by atoms with van der Waals surface area (Å²) in [5, 5.41) is 4.61. The molecular formula is C11H15Br2N. The molecule has 1 aliphatic heterocycles. The van der Waals surface area contributed by atoms with Gasteiger partial charge >= 0.3 is 0 Å². The van der Waals surface area contributed by atoms with Crippen LogP contribution in [0.3, 0.4) is 0 Å². The number of rotatable bonds is 2. The molecule has 2 rings (SSSR count). The highest BCUT2D eigenvalue weighted by Gasteiger charge is 2.17. The Hall–Kier alpha value is 0.140. The molecule has 1 heterocycles. The summed E-state index contributed by atoms with van der Waals surface area (Å²) < 4.78 is 0.